The van der Waals surface area contributed by atoms with Crippen LogP contribution in [0, 0.1) is 0 Å². The van der Waals surface area contributed by atoms with Gasteiger partial charge in [-0.2, -0.15) is 0 Å². The molecule has 0 aliphatic carbocycles. The van der Waals surface area contributed by atoms with Crippen molar-refractivity contribution in [2.45, 2.75) is 44.4 Å². The molecule has 0 saturated carbocycles. The number of ether oxygens (including phenoxy) is 4. The third-order valence-electron chi connectivity index (χ3n) is 4.83. The van der Waals surface area contributed by atoms with Crippen molar-refractivity contribution in [1.82, 2.24) is 24.8 Å². The van der Waals surface area contributed by atoms with E-state index >= 15 is 0 Å². The molecule has 1 aliphatic rings. The molecule has 0 aromatic carbocycles. The summed E-state index contributed by atoms with van der Waals surface area (Å²) in [4.78, 5) is 34.0. The van der Waals surface area contributed by atoms with Gasteiger partial charge in [0, 0.05) is 19.6 Å². The van der Waals surface area contributed by atoms with Crippen LogP contribution in [0.1, 0.15) is 26.5 Å². The zero-order valence-electron chi connectivity index (χ0n) is 19.0. The highest BCUT2D eigenvalue weighted by Gasteiger charge is 2.41. The topological polar surface area (TPSA) is 225 Å². The minimum absolute atomic E-state index is 0.0738. The van der Waals surface area contributed by atoms with Gasteiger partial charge in [0.25, 0.3) is 0 Å². The second-order valence-electron chi connectivity index (χ2n) is 7.23. The molecule has 0 spiro atoms. The van der Waals surface area contributed by atoms with E-state index in [0.29, 0.717) is 11.2 Å². The molecule has 1 fully saturated rings. The van der Waals surface area contributed by atoms with Crippen LogP contribution < -0.4 is 16.6 Å². The summed E-state index contributed by atoms with van der Waals surface area (Å²) in [5, 5.41) is 2.61. The third-order valence-corrected chi connectivity index (χ3v) is 6.06. The Hall–Kier alpha value is -2.13. The second kappa shape index (κ2) is 11.7. The van der Waals surface area contributed by atoms with Gasteiger partial charge in [-0.15, -0.1) is 0 Å². The van der Waals surface area contributed by atoms with E-state index in [1.807, 2.05) is 0 Å². The van der Waals surface area contributed by atoms with Crippen LogP contribution >= 0.6 is 16.2 Å². The highest BCUT2D eigenvalue weighted by molar-refractivity contribution is 7.50. The first-order valence-corrected chi connectivity index (χ1v) is 13.0. The van der Waals surface area contributed by atoms with Crippen LogP contribution in [-0.4, -0.2) is 74.6 Å². The lowest BCUT2D eigenvalue weighted by Crippen LogP contribution is -2.48. The summed E-state index contributed by atoms with van der Waals surface area (Å²) in [6.45, 7) is 2.95. The Kier molecular flexibility index (Phi) is 9.21. The summed E-state index contributed by atoms with van der Waals surface area (Å²) in [5.74, 6) is -0.580. The van der Waals surface area contributed by atoms with Crippen LogP contribution in [0.5, 0.6) is 0 Å². The summed E-state index contributed by atoms with van der Waals surface area (Å²) in [6, 6.07) is 0. The number of esters is 1. The Morgan fingerprint density at radius 2 is 2.09 bits per heavy atom. The number of carbonyl (C=O) groups is 1. The second-order valence-corrected chi connectivity index (χ2v) is 9.34. The molecule has 18 heteroatoms. The molecule has 3 rings (SSSR count). The number of aromatic nitrogens is 4. The largest absolute Gasteiger partial charge is 0.462 e. The molecule has 194 valence electrons. The molecule has 1 aliphatic heterocycles. The van der Waals surface area contributed by atoms with E-state index in [-0.39, 0.29) is 32.1 Å². The van der Waals surface area contributed by atoms with Crippen molar-refractivity contribution < 1.29 is 42.3 Å². The average Bonchev–Trinajstić information content (AvgIpc) is 3.40. The number of nitrogens with two attached hydrogens (primary N) is 2. The van der Waals surface area contributed by atoms with Gasteiger partial charge >= 0.3 is 19.4 Å². The van der Waals surface area contributed by atoms with Crippen molar-refractivity contribution in [2.75, 3.05) is 32.1 Å². The van der Waals surface area contributed by atoms with Crippen molar-refractivity contribution in [3.63, 3.8) is 0 Å². The van der Waals surface area contributed by atoms with Crippen molar-refractivity contribution in [2.24, 2.45) is 5.50 Å². The fraction of sp³-hybridized carbons (Fsp3) is 0.647. The molecule has 1 unspecified atom stereocenters. The molecule has 3 heterocycles. The highest BCUT2D eigenvalue weighted by atomic mass is 31.2. The van der Waals surface area contributed by atoms with Crippen LogP contribution in [0.25, 0.3) is 11.2 Å². The summed E-state index contributed by atoms with van der Waals surface area (Å²) < 4.78 is 51.6. The lowest BCUT2D eigenvalue weighted by atomic mass is 10.2. The number of imidazole rings is 1. The van der Waals surface area contributed by atoms with E-state index in [1.54, 1.807) is 18.4 Å². The predicted molar refractivity (Wildman–Crippen MR) is 120 cm³/mol. The van der Waals surface area contributed by atoms with Gasteiger partial charge in [0.15, 0.2) is 11.5 Å². The van der Waals surface area contributed by atoms with E-state index in [2.05, 4.69) is 20.3 Å². The number of fused-ring (bicyclic) bond motifs is 1. The van der Waals surface area contributed by atoms with E-state index < -0.39 is 52.8 Å². The third kappa shape index (κ3) is 6.97. The van der Waals surface area contributed by atoms with Gasteiger partial charge in [-0.25, -0.2) is 30.3 Å². The van der Waals surface area contributed by atoms with Gasteiger partial charge in [0.1, 0.15) is 36.9 Å². The van der Waals surface area contributed by atoms with E-state index in [0.717, 1.165) is 0 Å². The fourth-order valence-corrected chi connectivity index (χ4v) is 4.55. The first kappa shape index (κ1) is 27.5. The first-order valence-electron chi connectivity index (χ1n) is 10.5. The molecule has 4 atom stereocenters. The van der Waals surface area contributed by atoms with Crippen LogP contribution in [0.15, 0.2) is 12.7 Å². The molecule has 1 saturated heterocycles. The van der Waals surface area contributed by atoms with Gasteiger partial charge < -0.3 is 29.6 Å². The highest BCUT2D eigenvalue weighted by Crippen LogP contribution is 2.41. The van der Waals surface area contributed by atoms with Crippen LogP contribution in [0.3, 0.4) is 0 Å². The quantitative estimate of drug-likeness (QED) is 0.153. The maximum absolute atomic E-state index is 12.3. The zero-order chi connectivity index (χ0) is 25.6. The number of carbonyl (C=O) groups excluding carboxylic acids is 1. The maximum Gasteiger partial charge on any atom is 0.400 e. The van der Waals surface area contributed by atoms with Gasteiger partial charge in [0.2, 0.25) is 8.46 Å². The van der Waals surface area contributed by atoms with Crippen molar-refractivity contribution in [3.05, 3.63) is 12.7 Å². The SMILES string of the molecule is CCOC(NCC(=O)OC[C@H]1O[C@@H](n2cnc3c(N)ncnc32)C[C@@H]1OP(N)(=O)O)(OCC)P=O. The molecule has 0 amide bonds. The number of nitrogen functional groups attached to an aromatic ring is 1. The maximum atomic E-state index is 12.3. The van der Waals surface area contributed by atoms with Crippen molar-refractivity contribution in [1.29, 1.82) is 0 Å². The molecule has 2 aromatic heterocycles. The lowest BCUT2D eigenvalue weighted by Gasteiger charge is -2.26. The standard InChI is InChI=1S/C17H27N7O9P2/c1-3-30-17(34-26,31-4-2)23-6-13(25)29-7-11-10(33-35(19,27)28)5-12(32-11)24-9-22-14-15(18)20-8-21-16(14)24/h8-12,23H,3-7H2,1-2H3,(H2,18,20,21)(H3,19,27,28)/t10-,11+,12+/m0/s1. The molecular formula is C17H27N7O9P2. The minimum Gasteiger partial charge on any atom is -0.462 e. The number of hydrogen-bond donors (Lipinski definition) is 4. The Labute approximate surface area is 201 Å². The molecule has 0 radical (unpaired) electrons. The normalized spacial score (nSPS) is 22.5. The van der Waals surface area contributed by atoms with E-state index in [4.69, 9.17) is 34.7 Å². The molecule has 0 bridgehead atoms. The van der Waals surface area contributed by atoms with Crippen molar-refractivity contribution in [3.8, 4) is 0 Å². The molecule has 6 N–H and O–H groups in total. The molecule has 35 heavy (non-hydrogen) atoms. The molecule has 2 aromatic rings. The smallest absolute Gasteiger partial charge is 0.400 e. The Morgan fingerprint density at radius 1 is 1.37 bits per heavy atom. The predicted octanol–water partition coefficient (Wildman–Crippen LogP) is 0.249. The fourth-order valence-electron chi connectivity index (χ4n) is 3.44. The number of anilines is 1. The Bertz CT molecular complexity index is 1080. The summed E-state index contributed by atoms with van der Waals surface area (Å²) in [5.41, 5.74) is 10.0. The number of rotatable bonds is 13. The summed E-state index contributed by atoms with van der Waals surface area (Å²) in [6.07, 6.45) is 0.0777. The van der Waals surface area contributed by atoms with Gasteiger partial charge in [-0.1, -0.05) is 0 Å². The molecular weight excluding hydrogens is 508 g/mol. The number of nitrogens with one attached hydrogen (secondary N) is 1. The van der Waals surface area contributed by atoms with Gasteiger partial charge in [-0.05, 0) is 13.8 Å². The minimum atomic E-state index is -4.39. The zero-order valence-corrected chi connectivity index (χ0v) is 20.8. The van der Waals surface area contributed by atoms with E-state index in [9.17, 15) is 18.8 Å². The summed E-state index contributed by atoms with van der Waals surface area (Å²) >= 11 is 0. The monoisotopic (exact) mass is 535 g/mol. The lowest BCUT2D eigenvalue weighted by molar-refractivity contribution is -0.192. The number of hydrogen-bond acceptors (Lipinski definition) is 13. The molecule has 16 nitrogen and oxygen atoms in total. The van der Waals surface area contributed by atoms with Crippen LogP contribution in [-0.2, 0) is 37.4 Å². The van der Waals surface area contributed by atoms with Crippen molar-refractivity contribution >= 4 is 39.2 Å². The average molecular weight is 535 g/mol. The van der Waals surface area contributed by atoms with Crippen LogP contribution in [0.4, 0.5) is 5.82 Å². The van der Waals surface area contributed by atoms with Gasteiger partial charge in [0.05, 0.1) is 12.9 Å². The summed E-state index contributed by atoms with van der Waals surface area (Å²) in [7, 11) is -4.91. The van der Waals surface area contributed by atoms with Crippen LogP contribution in [0.2, 0.25) is 0 Å². The van der Waals surface area contributed by atoms with Gasteiger partial charge in [-0.3, -0.25) is 18.5 Å². The Morgan fingerprint density at radius 3 is 2.71 bits per heavy atom. The van der Waals surface area contributed by atoms with E-state index in [1.165, 1.54) is 12.7 Å². The number of nitrogens with zero attached hydrogens (tertiary/aromatic N) is 4. The Balaban J connectivity index is 1.67. The first-order chi connectivity index (χ1) is 16.6.